The van der Waals surface area contributed by atoms with Crippen molar-refractivity contribution in [2.45, 2.75) is 65.1 Å². The van der Waals surface area contributed by atoms with Crippen molar-refractivity contribution in [2.75, 3.05) is 18.7 Å². The molecule has 1 amide bonds. The first-order valence-corrected chi connectivity index (χ1v) is 14.9. The van der Waals surface area contributed by atoms with E-state index in [0.29, 0.717) is 22.7 Å². The molecular formula is C25H35ClN7O5P. The number of hydrogen-bond acceptors (Lipinski definition) is 9. The summed E-state index contributed by atoms with van der Waals surface area (Å²) in [7, 11) is -3.85. The highest BCUT2D eigenvalue weighted by molar-refractivity contribution is 7.60. The summed E-state index contributed by atoms with van der Waals surface area (Å²) in [6.45, 7) is 7.46. The Morgan fingerprint density at radius 1 is 1.18 bits per heavy atom. The van der Waals surface area contributed by atoms with E-state index in [4.69, 9.17) is 26.8 Å². The number of nitrogen functional groups attached to an aromatic ring is 1. The van der Waals surface area contributed by atoms with Gasteiger partial charge in [0.05, 0.1) is 25.6 Å². The van der Waals surface area contributed by atoms with Crippen LogP contribution in [0.25, 0.3) is 11.2 Å². The lowest BCUT2D eigenvalue weighted by molar-refractivity contribution is -0.149. The number of aromatic nitrogens is 4. The fourth-order valence-corrected chi connectivity index (χ4v) is 5.94. The summed E-state index contributed by atoms with van der Waals surface area (Å²) in [5.41, 5.74) is 5.72. The van der Waals surface area contributed by atoms with Crippen molar-refractivity contribution in [3.63, 3.8) is 0 Å². The van der Waals surface area contributed by atoms with Gasteiger partial charge in [-0.3, -0.25) is 19.2 Å². The van der Waals surface area contributed by atoms with E-state index in [1.165, 1.54) is 18.5 Å². The first kappa shape index (κ1) is 30.5. The van der Waals surface area contributed by atoms with Gasteiger partial charge in [0.1, 0.15) is 23.7 Å². The van der Waals surface area contributed by atoms with E-state index in [9.17, 15) is 14.2 Å². The Bertz CT molecular complexity index is 1330. The van der Waals surface area contributed by atoms with E-state index in [1.54, 1.807) is 43.8 Å². The van der Waals surface area contributed by atoms with Crippen LogP contribution < -0.4 is 15.9 Å². The lowest BCUT2D eigenvalue weighted by Crippen LogP contribution is -2.49. The van der Waals surface area contributed by atoms with Crippen molar-refractivity contribution in [3.8, 4) is 0 Å². The predicted molar refractivity (Wildman–Crippen MR) is 149 cm³/mol. The van der Waals surface area contributed by atoms with Gasteiger partial charge in [-0.25, -0.2) is 20.0 Å². The van der Waals surface area contributed by atoms with Crippen molar-refractivity contribution in [1.29, 1.82) is 0 Å². The van der Waals surface area contributed by atoms with E-state index >= 15 is 0 Å². The van der Waals surface area contributed by atoms with Crippen LogP contribution in [0.2, 0.25) is 5.02 Å². The van der Waals surface area contributed by atoms with Crippen LogP contribution >= 0.6 is 19.0 Å². The Kier molecular flexibility index (Phi) is 10.4. The number of hydrogen-bond donors (Lipinski definition) is 3. The number of fused-ring (bicyclic) bond motifs is 1. The molecule has 0 aliphatic heterocycles. The fourth-order valence-electron chi connectivity index (χ4n) is 3.71. The molecule has 39 heavy (non-hydrogen) atoms. The summed E-state index contributed by atoms with van der Waals surface area (Å²) in [6, 6.07) is 6.13. The minimum atomic E-state index is -3.85. The Labute approximate surface area is 232 Å². The Hall–Kier alpha value is -3.05. The first-order valence-electron chi connectivity index (χ1n) is 12.6. The van der Waals surface area contributed by atoms with E-state index in [1.807, 2.05) is 6.92 Å². The molecule has 1 aromatic carbocycles. The molecule has 0 saturated heterocycles. The molecule has 0 saturated carbocycles. The minimum absolute atomic E-state index is 0.247. The normalized spacial score (nSPS) is 14.1. The average molecular weight is 580 g/mol. The number of nitrogens with zero attached hydrogens (tertiary/aromatic N) is 4. The molecule has 0 aliphatic rings. The van der Waals surface area contributed by atoms with Crippen LogP contribution in [-0.2, 0) is 25.4 Å². The van der Waals surface area contributed by atoms with Gasteiger partial charge >= 0.3 is 5.97 Å². The highest BCUT2D eigenvalue weighted by Gasteiger charge is 2.39. The van der Waals surface area contributed by atoms with E-state index in [2.05, 4.69) is 25.1 Å². The number of benzene rings is 1. The van der Waals surface area contributed by atoms with Gasteiger partial charge in [0.2, 0.25) is 0 Å². The molecule has 0 unspecified atom stereocenters. The third kappa shape index (κ3) is 8.47. The van der Waals surface area contributed by atoms with Crippen molar-refractivity contribution in [2.24, 2.45) is 0 Å². The summed E-state index contributed by atoms with van der Waals surface area (Å²) in [6.07, 6.45) is 4.66. The van der Waals surface area contributed by atoms with Crippen LogP contribution in [0.15, 0.2) is 36.9 Å². The SMILES string of the molecule is CCCCCOC(=O)C(C)(C)N[P@@](=O)(CO[C@H](C)Cn1cnc2c(N)ncnc21)NC(=O)c1ccc(Cl)cc1. The number of nitrogens with two attached hydrogens (primary N) is 1. The van der Waals surface area contributed by atoms with Crippen molar-refractivity contribution < 1.29 is 23.6 Å². The second kappa shape index (κ2) is 13.3. The van der Waals surface area contributed by atoms with Gasteiger partial charge < -0.3 is 19.8 Å². The Morgan fingerprint density at radius 3 is 2.59 bits per heavy atom. The van der Waals surface area contributed by atoms with E-state index < -0.39 is 37.3 Å². The molecule has 12 nitrogen and oxygen atoms in total. The molecule has 0 fully saturated rings. The summed E-state index contributed by atoms with van der Waals surface area (Å²) in [4.78, 5) is 38.2. The zero-order valence-corrected chi connectivity index (χ0v) is 24.2. The second-order valence-corrected chi connectivity index (χ2v) is 12.3. The molecule has 0 radical (unpaired) electrons. The zero-order chi connectivity index (χ0) is 28.6. The van der Waals surface area contributed by atoms with Crippen LogP contribution in [-0.4, -0.2) is 56.0 Å². The van der Waals surface area contributed by atoms with Gasteiger partial charge in [-0.15, -0.1) is 0 Å². The van der Waals surface area contributed by atoms with E-state index in [-0.39, 0.29) is 18.0 Å². The molecule has 4 N–H and O–H groups in total. The molecule has 212 valence electrons. The quantitative estimate of drug-likeness (QED) is 0.143. The average Bonchev–Trinajstić information content (AvgIpc) is 3.29. The van der Waals surface area contributed by atoms with Crippen LogP contribution in [0, 0.1) is 0 Å². The summed E-state index contributed by atoms with van der Waals surface area (Å²) in [5, 5.41) is 5.81. The third-order valence-electron chi connectivity index (χ3n) is 5.76. The number of amides is 1. The number of ether oxygens (including phenoxy) is 2. The number of carbonyl (C=O) groups is 2. The van der Waals surface area contributed by atoms with Crippen LogP contribution in [0.3, 0.4) is 0 Å². The Balaban J connectivity index is 1.74. The maximum absolute atomic E-state index is 14.1. The highest BCUT2D eigenvalue weighted by Crippen LogP contribution is 2.40. The molecule has 14 heteroatoms. The number of imidazole rings is 1. The molecule has 0 bridgehead atoms. The molecule has 0 aliphatic carbocycles. The third-order valence-corrected chi connectivity index (χ3v) is 8.01. The van der Waals surface area contributed by atoms with Gasteiger partial charge in [-0.2, -0.15) is 0 Å². The van der Waals surface area contributed by atoms with Gasteiger partial charge in [0.25, 0.3) is 13.4 Å². The largest absolute Gasteiger partial charge is 0.464 e. The number of carbonyl (C=O) groups excluding carboxylic acids is 2. The standard InChI is InChI=1S/C25H35ClN7O5P/c1-5-6-7-12-37-24(35)25(3,4)32-39(36,31-23(34)18-8-10-19(26)11-9-18)16-38-17(2)13-33-15-30-20-21(27)28-14-29-22(20)33/h8-11,14-15,17H,5-7,12-13,16H2,1-4H3,(H2,27,28,29)(H2,31,32,34,36)/t17-,39-/m1/s1. The maximum Gasteiger partial charge on any atom is 0.326 e. The number of nitrogens with one attached hydrogen (secondary N) is 2. The predicted octanol–water partition coefficient (Wildman–Crippen LogP) is 4.15. The topological polar surface area (TPSA) is 163 Å². The number of unbranched alkanes of at least 4 members (excludes halogenated alkanes) is 2. The number of halogens is 1. The number of esters is 1. The summed E-state index contributed by atoms with van der Waals surface area (Å²) < 4.78 is 27.1. The molecule has 3 aromatic rings. The molecule has 0 spiro atoms. The van der Waals surface area contributed by atoms with Crippen molar-refractivity contribution in [1.82, 2.24) is 29.7 Å². The fraction of sp³-hybridized carbons (Fsp3) is 0.480. The molecule has 2 aromatic heterocycles. The molecule has 2 heterocycles. The van der Waals surface area contributed by atoms with Crippen molar-refractivity contribution in [3.05, 3.63) is 47.5 Å². The summed E-state index contributed by atoms with van der Waals surface area (Å²) in [5.74, 6) is -0.942. The van der Waals surface area contributed by atoms with Gasteiger partial charge in [-0.1, -0.05) is 31.4 Å². The summed E-state index contributed by atoms with van der Waals surface area (Å²) >= 11 is 5.93. The van der Waals surface area contributed by atoms with Gasteiger partial charge in [0.15, 0.2) is 11.5 Å². The number of anilines is 1. The monoisotopic (exact) mass is 579 g/mol. The Morgan fingerprint density at radius 2 is 1.90 bits per heavy atom. The smallest absolute Gasteiger partial charge is 0.326 e. The molecule has 3 rings (SSSR count). The minimum Gasteiger partial charge on any atom is -0.464 e. The lowest BCUT2D eigenvalue weighted by atomic mass is 10.1. The first-order chi connectivity index (χ1) is 18.4. The van der Waals surface area contributed by atoms with Crippen molar-refractivity contribution >= 4 is 47.9 Å². The van der Waals surface area contributed by atoms with Crippen LogP contribution in [0.1, 0.15) is 57.3 Å². The van der Waals surface area contributed by atoms with Crippen LogP contribution in [0.4, 0.5) is 5.82 Å². The molecule has 2 atom stereocenters. The highest BCUT2D eigenvalue weighted by atomic mass is 35.5. The number of rotatable bonds is 14. The van der Waals surface area contributed by atoms with Gasteiger partial charge in [-0.05, 0) is 51.5 Å². The molecular weight excluding hydrogens is 545 g/mol. The van der Waals surface area contributed by atoms with Crippen LogP contribution in [0.5, 0.6) is 0 Å². The lowest BCUT2D eigenvalue weighted by Gasteiger charge is -2.31. The maximum atomic E-state index is 14.1. The zero-order valence-electron chi connectivity index (χ0n) is 22.5. The van der Waals surface area contributed by atoms with E-state index in [0.717, 1.165) is 19.3 Å². The van der Waals surface area contributed by atoms with Gasteiger partial charge in [0, 0.05) is 10.6 Å². The second-order valence-electron chi connectivity index (χ2n) is 9.70.